The van der Waals surface area contributed by atoms with Crippen LogP contribution in [0.15, 0.2) is 47.6 Å². The van der Waals surface area contributed by atoms with Crippen LogP contribution in [0.25, 0.3) is 0 Å². The summed E-state index contributed by atoms with van der Waals surface area (Å²) in [6.45, 7) is 7.98. The molecule has 31 heavy (non-hydrogen) atoms. The van der Waals surface area contributed by atoms with E-state index in [4.69, 9.17) is 25.8 Å². The largest absolute Gasteiger partial charge is 0.494 e. The number of hydrogen-bond donors (Lipinski definition) is 0. The molecule has 0 saturated carbocycles. The van der Waals surface area contributed by atoms with Gasteiger partial charge in [-0.3, -0.25) is 0 Å². The third-order valence-electron chi connectivity index (χ3n) is 4.59. The molecule has 0 fully saturated rings. The molecule has 0 saturated heterocycles. The quantitative estimate of drug-likeness (QED) is 0.152. The van der Waals surface area contributed by atoms with Gasteiger partial charge in [0.1, 0.15) is 31.0 Å². The van der Waals surface area contributed by atoms with Crippen LogP contribution in [0.2, 0.25) is 5.02 Å². The number of unbranched alkanes of at least 4 members (excludes halogenated alkanes) is 2. The van der Waals surface area contributed by atoms with Crippen molar-refractivity contribution in [2.75, 3.05) is 26.9 Å². The average Bonchev–Trinajstić information content (AvgIpc) is 2.74. The maximum atomic E-state index is 6.22. The van der Waals surface area contributed by atoms with E-state index in [1.54, 1.807) is 12.3 Å². The molecule has 0 heterocycles. The highest BCUT2D eigenvalue weighted by Gasteiger charge is 2.07. The fourth-order valence-electron chi connectivity index (χ4n) is 3.02. The number of nitrogens with zero attached hydrogens (tertiary/aromatic N) is 1. The number of allylic oxidation sites excluding steroid dienone is 1. The minimum atomic E-state index is 0.579. The Balaban J connectivity index is 1.68. The van der Waals surface area contributed by atoms with E-state index in [1.807, 2.05) is 43.3 Å². The Labute approximate surface area is 190 Å². The molecule has 168 valence electrons. The minimum absolute atomic E-state index is 0.579. The van der Waals surface area contributed by atoms with Crippen molar-refractivity contribution in [1.82, 2.24) is 0 Å². The van der Waals surface area contributed by atoms with Gasteiger partial charge in [-0.15, -0.1) is 0 Å². The zero-order valence-corrected chi connectivity index (χ0v) is 19.6. The van der Waals surface area contributed by atoms with E-state index in [0.29, 0.717) is 24.8 Å². The fraction of sp³-hybridized carbons (Fsp3) is 0.400. The highest BCUT2D eigenvalue weighted by Crippen LogP contribution is 2.29. The molecule has 5 nitrogen and oxygen atoms in total. The summed E-state index contributed by atoms with van der Waals surface area (Å²) in [6.07, 6.45) is 8.47. The van der Waals surface area contributed by atoms with Crippen molar-refractivity contribution in [2.45, 2.75) is 40.0 Å². The molecule has 0 aliphatic carbocycles. The van der Waals surface area contributed by atoms with Crippen molar-refractivity contribution in [1.29, 1.82) is 0 Å². The van der Waals surface area contributed by atoms with E-state index in [-0.39, 0.29) is 0 Å². The number of halogens is 1. The second-order valence-corrected chi connectivity index (χ2v) is 7.53. The van der Waals surface area contributed by atoms with Gasteiger partial charge >= 0.3 is 0 Å². The third-order valence-corrected chi connectivity index (χ3v) is 4.92. The van der Waals surface area contributed by atoms with Crippen molar-refractivity contribution in [3.8, 4) is 17.2 Å². The van der Waals surface area contributed by atoms with Gasteiger partial charge in [0, 0.05) is 5.56 Å². The minimum Gasteiger partial charge on any atom is -0.494 e. The first-order chi connectivity index (χ1) is 15.0. The van der Waals surface area contributed by atoms with Crippen LogP contribution in [-0.4, -0.2) is 33.1 Å². The zero-order valence-electron chi connectivity index (χ0n) is 18.8. The molecule has 0 aromatic heterocycles. The molecule has 6 heteroatoms. The van der Waals surface area contributed by atoms with Crippen LogP contribution in [0.1, 0.15) is 42.9 Å². The van der Waals surface area contributed by atoms with Gasteiger partial charge in [0.25, 0.3) is 0 Å². The smallest absolute Gasteiger partial charge is 0.125 e. The number of hydrogen-bond acceptors (Lipinski definition) is 5. The van der Waals surface area contributed by atoms with E-state index in [1.165, 1.54) is 7.11 Å². The molecular weight excluding hydrogens is 414 g/mol. The molecule has 0 aliphatic heterocycles. The van der Waals surface area contributed by atoms with Gasteiger partial charge in [-0.25, -0.2) is 0 Å². The van der Waals surface area contributed by atoms with Crippen LogP contribution in [0.3, 0.4) is 0 Å². The third kappa shape index (κ3) is 8.54. The van der Waals surface area contributed by atoms with Crippen LogP contribution in [0, 0.1) is 13.8 Å². The first-order valence-electron chi connectivity index (χ1n) is 10.5. The first-order valence-corrected chi connectivity index (χ1v) is 10.9. The maximum Gasteiger partial charge on any atom is 0.125 e. The van der Waals surface area contributed by atoms with E-state index < -0.39 is 0 Å². The number of benzene rings is 2. The van der Waals surface area contributed by atoms with Gasteiger partial charge in [0.2, 0.25) is 0 Å². The monoisotopic (exact) mass is 445 g/mol. The zero-order chi connectivity index (χ0) is 22.5. The number of oxime groups is 1. The summed E-state index contributed by atoms with van der Waals surface area (Å²) in [4.78, 5) is 4.67. The normalized spacial score (nSPS) is 11.3. The Morgan fingerprint density at radius 1 is 0.903 bits per heavy atom. The van der Waals surface area contributed by atoms with E-state index in [2.05, 4.69) is 23.8 Å². The van der Waals surface area contributed by atoms with Gasteiger partial charge < -0.3 is 19.0 Å². The van der Waals surface area contributed by atoms with Crippen LogP contribution in [0.4, 0.5) is 0 Å². The Hall–Kier alpha value is -2.66. The summed E-state index contributed by atoms with van der Waals surface area (Å²) in [5.41, 5.74) is 2.97. The summed E-state index contributed by atoms with van der Waals surface area (Å²) in [5, 5.41) is 4.30. The maximum absolute atomic E-state index is 6.22. The molecule has 0 N–H and O–H groups in total. The van der Waals surface area contributed by atoms with Crippen molar-refractivity contribution in [3.05, 3.63) is 64.2 Å². The Kier molecular flexibility index (Phi) is 10.8. The van der Waals surface area contributed by atoms with Crippen LogP contribution < -0.4 is 14.2 Å². The van der Waals surface area contributed by atoms with Crippen LogP contribution in [0.5, 0.6) is 17.2 Å². The molecule has 0 amide bonds. The SMILES string of the molecule is C/C=C/COc1cc(C)c(OCCCCCOc2ccc(/C=N/OC)c(Cl)c2)c(C)c1. The van der Waals surface area contributed by atoms with Gasteiger partial charge in [-0.1, -0.05) is 28.9 Å². The molecule has 0 bridgehead atoms. The Morgan fingerprint density at radius 3 is 2.26 bits per heavy atom. The molecule has 0 radical (unpaired) electrons. The van der Waals surface area contributed by atoms with E-state index in [9.17, 15) is 0 Å². The van der Waals surface area contributed by atoms with Gasteiger partial charge in [-0.05, 0) is 81.5 Å². The summed E-state index contributed by atoms with van der Waals surface area (Å²) in [7, 11) is 1.49. The Bertz CT molecular complexity index is 857. The topological polar surface area (TPSA) is 49.3 Å². The Morgan fingerprint density at radius 2 is 1.61 bits per heavy atom. The second kappa shape index (κ2) is 13.6. The fourth-order valence-corrected chi connectivity index (χ4v) is 3.24. The lowest BCUT2D eigenvalue weighted by Gasteiger charge is -2.14. The average molecular weight is 446 g/mol. The predicted molar refractivity (Wildman–Crippen MR) is 127 cm³/mol. The number of ether oxygens (including phenoxy) is 3. The highest BCUT2D eigenvalue weighted by atomic mass is 35.5. The summed E-state index contributed by atoms with van der Waals surface area (Å²) >= 11 is 6.22. The first kappa shape index (κ1) is 24.6. The van der Waals surface area contributed by atoms with Crippen LogP contribution >= 0.6 is 11.6 Å². The predicted octanol–water partition coefficient (Wildman–Crippen LogP) is 6.52. The molecule has 0 unspecified atom stereocenters. The van der Waals surface area contributed by atoms with E-state index in [0.717, 1.165) is 53.2 Å². The lowest BCUT2D eigenvalue weighted by Crippen LogP contribution is -2.03. The molecule has 2 rings (SSSR count). The van der Waals surface area contributed by atoms with Crippen molar-refractivity contribution in [2.24, 2.45) is 5.16 Å². The van der Waals surface area contributed by atoms with E-state index >= 15 is 0 Å². The molecule has 0 spiro atoms. The summed E-state index contributed by atoms with van der Waals surface area (Å²) < 4.78 is 17.5. The second-order valence-electron chi connectivity index (χ2n) is 7.12. The van der Waals surface area contributed by atoms with Crippen molar-refractivity contribution in [3.63, 3.8) is 0 Å². The lowest BCUT2D eigenvalue weighted by atomic mass is 10.1. The summed E-state index contributed by atoms with van der Waals surface area (Å²) in [5.74, 6) is 2.57. The van der Waals surface area contributed by atoms with Crippen molar-refractivity contribution < 1.29 is 19.0 Å². The molecule has 2 aromatic rings. The highest BCUT2D eigenvalue weighted by molar-refractivity contribution is 6.33. The molecule has 2 aromatic carbocycles. The lowest BCUT2D eigenvalue weighted by molar-refractivity contribution is 0.215. The van der Waals surface area contributed by atoms with Gasteiger partial charge in [0.15, 0.2) is 0 Å². The standard InChI is InChI=1S/C25H32ClNO4/c1-5-6-12-30-23-15-19(2)25(20(3)16-23)31-14-9-7-8-13-29-22-11-10-21(18-27-28-4)24(26)17-22/h5-6,10-11,15-18H,7-9,12-14H2,1-4H3/b6-5+,27-18+. The summed E-state index contributed by atoms with van der Waals surface area (Å²) in [6, 6.07) is 9.58. The van der Waals surface area contributed by atoms with Crippen LogP contribution in [-0.2, 0) is 4.84 Å². The van der Waals surface area contributed by atoms with Gasteiger partial charge in [-0.2, -0.15) is 0 Å². The molecule has 0 atom stereocenters. The number of rotatable bonds is 13. The van der Waals surface area contributed by atoms with Crippen molar-refractivity contribution >= 4 is 17.8 Å². The van der Waals surface area contributed by atoms with Gasteiger partial charge in [0.05, 0.1) is 24.5 Å². The molecule has 0 aliphatic rings. The number of aryl methyl sites for hydroxylation is 2. The molecular formula is C25H32ClNO4.